The van der Waals surface area contributed by atoms with Crippen molar-refractivity contribution in [3.8, 4) is 0 Å². The number of nitrogens with zero attached hydrogens (tertiary/aromatic N) is 3. The first-order valence-corrected chi connectivity index (χ1v) is 6.95. The summed E-state index contributed by atoms with van der Waals surface area (Å²) in [5.41, 5.74) is 2.22. The molecule has 3 heterocycles. The van der Waals surface area contributed by atoms with Gasteiger partial charge in [0.2, 0.25) is 0 Å². The maximum Gasteiger partial charge on any atom is 0.289 e. The molecule has 0 N–H and O–H groups in total. The zero-order valence-electron chi connectivity index (χ0n) is 12.5. The van der Waals surface area contributed by atoms with Crippen molar-refractivity contribution in [2.75, 3.05) is 20.3 Å². The summed E-state index contributed by atoms with van der Waals surface area (Å²) >= 11 is 0. The van der Waals surface area contributed by atoms with E-state index in [1.165, 1.54) is 0 Å². The molecule has 0 fully saturated rings. The SMILES string of the molecule is COC[C@@H]1CN(C(=O)c2ccc(C)o2)Cc2cnn(C)c21. The molecule has 0 spiro atoms. The molecule has 6 heteroatoms. The van der Waals surface area contributed by atoms with E-state index in [-0.39, 0.29) is 11.8 Å². The number of hydrogen-bond donors (Lipinski definition) is 0. The van der Waals surface area contributed by atoms with Gasteiger partial charge in [-0.05, 0) is 19.1 Å². The predicted octanol–water partition coefficient (Wildman–Crippen LogP) is 1.71. The second-order valence-corrected chi connectivity index (χ2v) is 5.43. The van der Waals surface area contributed by atoms with Gasteiger partial charge in [-0.1, -0.05) is 0 Å². The molecule has 2 aromatic rings. The van der Waals surface area contributed by atoms with E-state index in [4.69, 9.17) is 9.15 Å². The topological polar surface area (TPSA) is 60.5 Å². The lowest BCUT2D eigenvalue weighted by atomic mass is 9.96. The standard InChI is InChI=1S/C15H19N3O3/c1-10-4-5-13(21-10)15(19)18-7-11-6-16-17(2)14(11)12(8-18)9-20-3/h4-6,12H,7-9H2,1-3H3/t12-/m0/s1. The summed E-state index contributed by atoms with van der Waals surface area (Å²) in [6.45, 7) is 3.56. The van der Waals surface area contributed by atoms with Crippen LogP contribution in [0.3, 0.4) is 0 Å². The minimum Gasteiger partial charge on any atom is -0.456 e. The molecular formula is C15H19N3O3. The van der Waals surface area contributed by atoms with Crippen LogP contribution in [0.1, 0.15) is 33.5 Å². The van der Waals surface area contributed by atoms with Crippen molar-refractivity contribution in [3.05, 3.63) is 41.1 Å². The molecule has 1 aliphatic heterocycles. The largest absolute Gasteiger partial charge is 0.456 e. The van der Waals surface area contributed by atoms with Gasteiger partial charge < -0.3 is 14.1 Å². The Kier molecular flexibility index (Phi) is 3.55. The fraction of sp³-hybridized carbons (Fsp3) is 0.467. The molecule has 3 rings (SSSR count). The first-order chi connectivity index (χ1) is 10.1. The number of aromatic nitrogens is 2. The molecule has 0 unspecified atom stereocenters. The van der Waals surface area contributed by atoms with Gasteiger partial charge in [-0.25, -0.2) is 0 Å². The van der Waals surface area contributed by atoms with Crippen LogP contribution in [0.4, 0.5) is 0 Å². The Hall–Kier alpha value is -2.08. The van der Waals surface area contributed by atoms with Crippen molar-refractivity contribution in [2.24, 2.45) is 7.05 Å². The first-order valence-electron chi connectivity index (χ1n) is 6.95. The molecule has 6 nitrogen and oxygen atoms in total. The van der Waals surface area contributed by atoms with Gasteiger partial charge in [0, 0.05) is 38.7 Å². The normalized spacial score (nSPS) is 17.9. The third-order valence-corrected chi connectivity index (χ3v) is 3.86. The smallest absolute Gasteiger partial charge is 0.289 e. The van der Waals surface area contributed by atoms with Crippen molar-refractivity contribution >= 4 is 5.91 Å². The fourth-order valence-electron chi connectivity index (χ4n) is 2.96. The summed E-state index contributed by atoms with van der Waals surface area (Å²) in [7, 11) is 3.60. The monoisotopic (exact) mass is 289 g/mol. The molecule has 1 amide bonds. The van der Waals surface area contributed by atoms with Crippen molar-refractivity contribution in [3.63, 3.8) is 0 Å². The fourth-order valence-corrected chi connectivity index (χ4v) is 2.96. The van der Waals surface area contributed by atoms with Crippen LogP contribution in [0, 0.1) is 6.92 Å². The zero-order valence-corrected chi connectivity index (χ0v) is 12.5. The first kappa shape index (κ1) is 13.9. The van der Waals surface area contributed by atoms with E-state index < -0.39 is 0 Å². The maximum absolute atomic E-state index is 12.5. The lowest BCUT2D eigenvalue weighted by Crippen LogP contribution is -2.39. The van der Waals surface area contributed by atoms with Crippen LogP contribution in [0.5, 0.6) is 0 Å². The highest BCUT2D eigenvalue weighted by Gasteiger charge is 2.32. The quantitative estimate of drug-likeness (QED) is 0.863. The molecule has 1 aliphatic rings. The number of rotatable bonds is 3. The average molecular weight is 289 g/mol. The van der Waals surface area contributed by atoms with Crippen LogP contribution >= 0.6 is 0 Å². The summed E-state index contributed by atoms with van der Waals surface area (Å²) < 4.78 is 12.6. The molecule has 0 radical (unpaired) electrons. The van der Waals surface area contributed by atoms with Gasteiger partial charge in [0.1, 0.15) is 5.76 Å². The Morgan fingerprint density at radius 3 is 3.00 bits per heavy atom. The third-order valence-electron chi connectivity index (χ3n) is 3.86. The summed E-state index contributed by atoms with van der Waals surface area (Å²) in [5, 5.41) is 4.30. The number of furan rings is 1. The average Bonchev–Trinajstić information content (AvgIpc) is 3.05. The van der Waals surface area contributed by atoms with Crippen LogP contribution in [0.25, 0.3) is 0 Å². The number of carbonyl (C=O) groups is 1. The second kappa shape index (κ2) is 5.37. The van der Waals surface area contributed by atoms with Crippen molar-refractivity contribution in [1.82, 2.24) is 14.7 Å². The van der Waals surface area contributed by atoms with Gasteiger partial charge in [0.25, 0.3) is 5.91 Å². The predicted molar refractivity (Wildman–Crippen MR) is 76.0 cm³/mol. The van der Waals surface area contributed by atoms with Crippen molar-refractivity contribution in [2.45, 2.75) is 19.4 Å². The minimum atomic E-state index is -0.0845. The number of hydrogen-bond acceptors (Lipinski definition) is 4. The highest BCUT2D eigenvalue weighted by atomic mass is 16.5. The van der Waals surface area contributed by atoms with Crippen molar-refractivity contribution in [1.29, 1.82) is 0 Å². The summed E-state index contributed by atoms with van der Waals surface area (Å²) in [6.07, 6.45) is 1.82. The van der Waals surface area contributed by atoms with Crippen LogP contribution in [-0.4, -0.2) is 40.8 Å². The molecule has 0 bridgehead atoms. The molecule has 0 saturated heterocycles. The molecule has 21 heavy (non-hydrogen) atoms. The molecule has 0 saturated carbocycles. The second-order valence-electron chi connectivity index (χ2n) is 5.43. The molecule has 2 aromatic heterocycles. The summed E-state index contributed by atoms with van der Waals surface area (Å²) in [6, 6.07) is 3.53. The number of aryl methyl sites for hydroxylation is 2. The molecule has 1 atom stereocenters. The van der Waals surface area contributed by atoms with Gasteiger partial charge in [0.15, 0.2) is 5.76 Å². The van der Waals surface area contributed by atoms with E-state index in [1.54, 1.807) is 24.1 Å². The highest BCUT2D eigenvalue weighted by molar-refractivity contribution is 5.91. The van der Waals surface area contributed by atoms with Crippen molar-refractivity contribution < 1.29 is 13.9 Å². The third kappa shape index (κ3) is 2.47. The summed E-state index contributed by atoms with van der Waals surface area (Å²) in [5.74, 6) is 1.17. The Morgan fingerprint density at radius 2 is 2.33 bits per heavy atom. The van der Waals surface area contributed by atoms with E-state index in [2.05, 4.69) is 5.10 Å². The minimum absolute atomic E-state index is 0.0845. The Bertz CT molecular complexity index is 659. The van der Waals surface area contributed by atoms with Gasteiger partial charge in [-0.2, -0.15) is 5.10 Å². The van der Waals surface area contributed by atoms with Crippen LogP contribution in [-0.2, 0) is 18.3 Å². The van der Waals surface area contributed by atoms with Crippen LogP contribution < -0.4 is 0 Å². The van der Waals surface area contributed by atoms with Gasteiger partial charge in [0.05, 0.1) is 18.5 Å². The molecular weight excluding hydrogens is 270 g/mol. The van der Waals surface area contributed by atoms with Gasteiger partial charge >= 0.3 is 0 Å². The van der Waals surface area contributed by atoms with E-state index in [0.29, 0.717) is 25.5 Å². The van der Waals surface area contributed by atoms with Gasteiger partial charge in [-0.3, -0.25) is 9.48 Å². The molecule has 112 valence electrons. The Morgan fingerprint density at radius 1 is 1.52 bits per heavy atom. The summed E-state index contributed by atoms with van der Waals surface area (Å²) in [4.78, 5) is 14.3. The molecule has 0 aliphatic carbocycles. The van der Waals surface area contributed by atoms with E-state index in [1.807, 2.05) is 24.9 Å². The Labute approximate surface area is 123 Å². The lowest BCUT2D eigenvalue weighted by molar-refractivity contribution is 0.0643. The number of ether oxygens (including phenoxy) is 1. The van der Waals surface area contributed by atoms with Crippen LogP contribution in [0.2, 0.25) is 0 Å². The molecule has 0 aromatic carbocycles. The van der Waals surface area contributed by atoms with Gasteiger partial charge in [-0.15, -0.1) is 0 Å². The number of fused-ring (bicyclic) bond motifs is 1. The van der Waals surface area contributed by atoms with E-state index >= 15 is 0 Å². The maximum atomic E-state index is 12.5. The van der Waals surface area contributed by atoms with Crippen LogP contribution in [0.15, 0.2) is 22.7 Å². The number of methoxy groups -OCH3 is 1. The number of amides is 1. The zero-order chi connectivity index (χ0) is 15.0. The van der Waals surface area contributed by atoms with E-state index in [9.17, 15) is 4.79 Å². The van der Waals surface area contributed by atoms with E-state index in [0.717, 1.165) is 17.0 Å². The number of carbonyl (C=O) groups excluding carboxylic acids is 1. The Balaban J connectivity index is 1.87. The highest BCUT2D eigenvalue weighted by Crippen LogP contribution is 2.29. The lowest BCUT2D eigenvalue weighted by Gasteiger charge is -2.32.